The molecular weight excluding hydrogens is 334 g/mol. The molecule has 5 rings (SSSR count). The lowest BCUT2D eigenvalue weighted by Gasteiger charge is -2.29. The summed E-state index contributed by atoms with van der Waals surface area (Å²) in [6, 6.07) is 9.34. The number of carbonyl (C=O) groups excluding carboxylic acids is 2. The third-order valence-corrected chi connectivity index (χ3v) is 6.36. The van der Waals surface area contributed by atoms with Crippen LogP contribution < -0.4 is 4.74 Å². The smallest absolute Gasteiger partial charge is 0.233 e. The quantitative estimate of drug-likeness (QED) is 0.763. The van der Waals surface area contributed by atoms with Gasteiger partial charge >= 0.3 is 0 Å². The summed E-state index contributed by atoms with van der Waals surface area (Å²) in [7, 11) is 1.58. The average Bonchev–Trinajstić information content (AvgIpc) is 3.38. The fourth-order valence-corrected chi connectivity index (χ4v) is 5.35. The molecule has 2 bridgehead atoms. The van der Waals surface area contributed by atoms with E-state index in [9.17, 15) is 9.59 Å². The molecule has 132 valence electrons. The summed E-state index contributed by atoms with van der Waals surface area (Å²) in [6.45, 7) is 0.00455. The molecule has 4 aliphatic rings. The van der Waals surface area contributed by atoms with Gasteiger partial charge in [-0.05, 0) is 36.6 Å². The molecule has 6 atom stereocenters. The van der Waals surface area contributed by atoms with Gasteiger partial charge in [-0.3, -0.25) is 14.5 Å². The van der Waals surface area contributed by atoms with E-state index < -0.39 is 0 Å². The number of hydrogen-bond acceptors (Lipinski definition) is 6. The summed E-state index contributed by atoms with van der Waals surface area (Å²) in [5, 5.41) is 12.9. The Balaban J connectivity index is 1.42. The second kappa shape index (κ2) is 5.31. The molecule has 2 aliphatic heterocycles. The molecule has 26 heavy (non-hydrogen) atoms. The van der Waals surface area contributed by atoms with E-state index in [0.29, 0.717) is 5.75 Å². The van der Waals surface area contributed by atoms with Gasteiger partial charge in [-0.2, -0.15) is 5.26 Å². The molecule has 2 heterocycles. The lowest BCUT2D eigenvalue weighted by Crippen LogP contribution is -2.41. The van der Waals surface area contributed by atoms with Gasteiger partial charge in [-0.25, -0.2) is 0 Å². The highest BCUT2D eigenvalue weighted by Crippen LogP contribution is 2.61. The van der Waals surface area contributed by atoms with Crippen molar-refractivity contribution in [1.82, 2.24) is 4.90 Å². The van der Waals surface area contributed by atoms with Crippen molar-refractivity contribution in [2.45, 2.75) is 12.5 Å². The Morgan fingerprint density at radius 2 is 1.88 bits per heavy atom. The van der Waals surface area contributed by atoms with Crippen LogP contribution in [0.25, 0.3) is 0 Å². The van der Waals surface area contributed by atoms with Crippen molar-refractivity contribution in [3.8, 4) is 11.8 Å². The van der Waals surface area contributed by atoms with E-state index in [1.165, 1.54) is 4.90 Å². The Morgan fingerprint density at radius 1 is 1.19 bits per heavy atom. The number of fused-ring (bicyclic) bond motifs is 8. The number of carbonyl (C=O) groups is 2. The minimum atomic E-state index is -0.241. The van der Waals surface area contributed by atoms with Gasteiger partial charge < -0.3 is 9.57 Å². The minimum absolute atomic E-state index is 0.00455. The second-order valence-electron chi connectivity index (χ2n) is 7.39. The summed E-state index contributed by atoms with van der Waals surface area (Å²) in [5.41, 5.74) is 1.78. The Hall–Kier alpha value is -2.88. The zero-order valence-electron chi connectivity index (χ0n) is 14.2. The third kappa shape index (κ3) is 1.84. The Morgan fingerprint density at radius 3 is 2.58 bits per heavy atom. The van der Waals surface area contributed by atoms with E-state index in [1.807, 2.05) is 18.2 Å². The molecule has 0 aromatic heterocycles. The van der Waals surface area contributed by atoms with Crippen LogP contribution in [0.5, 0.6) is 5.75 Å². The number of nitriles is 1. The highest BCUT2D eigenvalue weighted by Gasteiger charge is 2.69. The third-order valence-electron chi connectivity index (χ3n) is 6.36. The molecule has 7 nitrogen and oxygen atoms in total. The van der Waals surface area contributed by atoms with Crippen LogP contribution in [-0.4, -0.2) is 42.2 Å². The van der Waals surface area contributed by atoms with Crippen molar-refractivity contribution in [2.75, 3.05) is 13.7 Å². The van der Waals surface area contributed by atoms with Gasteiger partial charge in [0, 0.05) is 24.4 Å². The number of nitrogens with zero attached hydrogens (tertiary/aromatic N) is 3. The van der Waals surface area contributed by atoms with E-state index in [0.717, 1.165) is 17.7 Å². The van der Waals surface area contributed by atoms with Crippen molar-refractivity contribution < 1.29 is 19.2 Å². The standard InChI is InChI=1S/C19H17N3O4/c1-22-18(23)13-11-8-12(14(13)19(22)24)17-15(11)16(21-26-17)9-2-4-10(5-3-9)25-7-6-20/h2-5,11-15,17H,7-8H2,1H3. The molecule has 1 saturated heterocycles. The highest BCUT2D eigenvalue weighted by atomic mass is 16.6. The molecular formula is C19H17N3O4. The highest BCUT2D eigenvalue weighted by molar-refractivity contribution is 6.08. The first kappa shape index (κ1) is 15.4. The number of rotatable bonds is 3. The Kier molecular flexibility index (Phi) is 3.14. The van der Waals surface area contributed by atoms with Crippen LogP contribution in [0.4, 0.5) is 0 Å². The fourth-order valence-electron chi connectivity index (χ4n) is 5.35. The lowest BCUT2D eigenvalue weighted by molar-refractivity contribution is -0.139. The van der Waals surface area contributed by atoms with Gasteiger partial charge in [0.1, 0.15) is 17.9 Å². The summed E-state index contributed by atoms with van der Waals surface area (Å²) in [5.74, 6) is 0.245. The maximum absolute atomic E-state index is 12.5. The molecule has 7 heteroatoms. The first-order valence-electron chi connectivity index (χ1n) is 8.77. The maximum Gasteiger partial charge on any atom is 0.233 e. The summed E-state index contributed by atoms with van der Waals surface area (Å²) < 4.78 is 5.28. The number of hydrogen-bond donors (Lipinski definition) is 0. The van der Waals surface area contributed by atoms with E-state index >= 15 is 0 Å². The van der Waals surface area contributed by atoms with Crippen LogP contribution >= 0.6 is 0 Å². The average molecular weight is 351 g/mol. The molecule has 2 aliphatic carbocycles. The van der Waals surface area contributed by atoms with Crippen molar-refractivity contribution in [3.63, 3.8) is 0 Å². The van der Waals surface area contributed by atoms with Gasteiger partial charge in [0.25, 0.3) is 0 Å². The molecule has 1 aromatic carbocycles. The van der Waals surface area contributed by atoms with E-state index in [-0.39, 0.29) is 54.1 Å². The monoisotopic (exact) mass is 351 g/mol. The lowest BCUT2D eigenvalue weighted by atomic mass is 9.71. The zero-order valence-corrected chi connectivity index (χ0v) is 14.2. The fraction of sp³-hybridized carbons (Fsp3) is 0.474. The van der Waals surface area contributed by atoms with Crippen LogP contribution in [0, 0.1) is 40.9 Å². The second-order valence-corrected chi connectivity index (χ2v) is 7.39. The normalized spacial score (nSPS) is 36.5. The van der Waals surface area contributed by atoms with Crippen molar-refractivity contribution in [2.24, 2.45) is 34.7 Å². The minimum Gasteiger partial charge on any atom is -0.479 e. The first-order chi connectivity index (χ1) is 12.6. The van der Waals surface area contributed by atoms with Gasteiger partial charge in [0.05, 0.1) is 17.5 Å². The topological polar surface area (TPSA) is 92.0 Å². The molecule has 1 aromatic rings. The van der Waals surface area contributed by atoms with Crippen LogP contribution in [0.2, 0.25) is 0 Å². The van der Waals surface area contributed by atoms with Crippen LogP contribution in [0.15, 0.2) is 29.4 Å². The van der Waals surface area contributed by atoms with Gasteiger partial charge in [0.2, 0.25) is 11.8 Å². The van der Waals surface area contributed by atoms with Gasteiger partial charge in [0.15, 0.2) is 6.61 Å². The predicted octanol–water partition coefficient (Wildman–Crippen LogP) is 1.19. The molecule has 3 fully saturated rings. The van der Waals surface area contributed by atoms with E-state index in [4.69, 9.17) is 14.8 Å². The number of likely N-dealkylation sites (tertiary alicyclic amines) is 1. The van der Waals surface area contributed by atoms with Crippen molar-refractivity contribution in [3.05, 3.63) is 29.8 Å². The van der Waals surface area contributed by atoms with Crippen molar-refractivity contribution in [1.29, 1.82) is 5.26 Å². The molecule has 0 N–H and O–H groups in total. The van der Waals surface area contributed by atoms with Crippen LogP contribution in [0.1, 0.15) is 12.0 Å². The van der Waals surface area contributed by atoms with E-state index in [1.54, 1.807) is 19.2 Å². The summed E-state index contributed by atoms with van der Waals surface area (Å²) in [6.07, 6.45) is 0.729. The molecule has 0 spiro atoms. The Labute approximate surface area is 150 Å². The Bertz CT molecular complexity index is 872. The number of amides is 2. The predicted molar refractivity (Wildman–Crippen MR) is 88.8 cm³/mol. The number of imide groups is 1. The first-order valence-corrected chi connectivity index (χ1v) is 8.77. The number of ether oxygens (including phenoxy) is 1. The van der Waals surface area contributed by atoms with Crippen LogP contribution in [0.3, 0.4) is 0 Å². The SMILES string of the molecule is CN1C(=O)C2C3CC(C4C(c5ccc(OCC#N)cc5)=NOC34)C2C1=O. The maximum atomic E-state index is 12.5. The molecule has 6 unspecified atom stereocenters. The molecule has 2 saturated carbocycles. The molecule has 0 radical (unpaired) electrons. The molecule has 2 amide bonds. The number of benzene rings is 1. The summed E-state index contributed by atoms with van der Waals surface area (Å²) in [4.78, 5) is 32.0. The largest absolute Gasteiger partial charge is 0.479 e. The van der Waals surface area contributed by atoms with E-state index in [2.05, 4.69) is 5.16 Å². The zero-order chi connectivity index (χ0) is 18.0. The van der Waals surface area contributed by atoms with Crippen LogP contribution in [-0.2, 0) is 14.4 Å². The van der Waals surface area contributed by atoms with Gasteiger partial charge in [-0.15, -0.1) is 0 Å². The van der Waals surface area contributed by atoms with Crippen molar-refractivity contribution >= 4 is 17.5 Å². The van der Waals surface area contributed by atoms with Gasteiger partial charge in [-0.1, -0.05) is 5.16 Å². The number of oxime groups is 1. The summed E-state index contributed by atoms with van der Waals surface area (Å²) >= 11 is 0.